The highest BCUT2D eigenvalue weighted by Crippen LogP contribution is 2.26. The summed E-state index contributed by atoms with van der Waals surface area (Å²) >= 11 is 1.76. The topological polar surface area (TPSA) is 26.8 Å². The van der Waals surface area contributed by atoms with E-state index in [-0.39, 0.29) is 6.04 Å². The molecule has 14 heavy (non-hydrogen) atoms. The zero-order chi connectivity index (χ0) is 9.97. The normalized spacial score (nSPS) is 24.3. The third-order valence-electron chi connectivity index (χ3n) is 2.43. The maximum absolute atomic E-state index is 8.68. The van der Waals surface area contributed by atoms with Gasteiger partial charge in [0.1, 0.15) is 6.04 Å². The van der Waals surface area contributed by atoms with Crippen LogP contribution in [0.1, 0.15) is 5.56 Å². The first kappa shape index (κ1) is 9.57. The molecule has 2 atom stereocenters. The van der Waals surface area contributed by atoms with Gasteiger partial charge in [0.05, 0.1) is 6.07 Å². The van der Waals surface area contributed by atoms with Crippen LogP contribution in [-0.2, 0) is 6.54 Å². The predicted octanol–water partition coefficient (Wildman–Crippen LogP) is 2.12. The predicted molar refractivity (Wildman–Crippen MR) is 58.0 cm³/mol. The fraction of sp³-hybridized carbons (Fsp3) is 0.364. The number of benzene rings is 1. The minimum Gasteiger partial charge on any atom is -0.280 e. The molecule has 0 bridgehead atoms. The molecular weight excluding hydrogens is 192 g/mol. The van der Waals surface area contributed by atoms with Crippen LogP contribution in [0.2, 0.25) is 0 Å². The first-order valence-electron chi connectivity index (χ1n) is 4.60. The molecule has 0 radical (unpaired) electrons. The Morgan fingerprint density at radius 3 is 3.00 bits per heavy atom. The maximum Gasteiger partial charge on any atom is 0.111 e. The fourth-order valence-electron chi connectivity index (χ4n) is 1.52. The molecule has 1 heterocycles. The van der Waals surface area contributed by atoms with Crippen LogP contribution in [0.3, 0.4) is 0 Å². The monoisotopic (exact) mass is 204 g/mol. The Hall–Kier alpha value is -0.980. The molecule has 1 saturated heterocycles. The maximum atomic E-state index is 8.68. The molecule has 0 saturated carbocycles. The number of hydrogen-bond donors (Lipinski definition) is 0. The summed E-state index contributed by atoms with van der Waals surface area (Å²) in [6.45, 7) is 1.84. The molecule has 0 amide bonds. The van der Waals surface area contributed by atoms with Gasteiger partial charge in [-0.15, -0.1) is 11.8 Å². The van der Waals surface area contributed by atoms with Gasteiger partial charge in [-0.2, -0.15) is 5.26 Å². The zero-order valence-corrected chi connectivity index (χ0v) is 8.92. The molecule has 0 aromatic heterocycles. The van der Waals surface area contributed by atoms with Gasteiger partial charge in [-0.3, -0.25) is 4.90 Å². The van der Waals surface area contributed by atoms with E-state index in [0.717, 1.165) is 13.1 Å². The Kier molecular flexibility index (Phi) is 2.76. The van der Waals surface area contributed by atoms with Crippen molar-refractivity contribution in [2.75, 3.05) is 12.8 Å². The first-order valence-corrected chi connectivity index (χ1v) is 5.83. The van der Waals surface area contributed by atoms with Crippen LogP contribution in [0.15, 0.2) is 29.2 Å². The van der Waals surface area contributed by atoms with Gasteiger partial charge in [-0.1, -0.05) is 18.2 Å². The van der Waals surface area contributed by atoms with Gasteiger partial charge in [-0.05, 0) is 17.9 Å². The van der Waals surface area contributed by atoms with Crippen molar-refractivity contribution in [2.24, 2.45) is 0 Å². The van der Waals surface area contributed by atoms with Gasteiger partial charge in [0.25, 0.3) is 0 Å². The lowest BCUT2D eigenvalue weighted by atomic mass is 10.2. The number of rotatable bonds is 3. The number of thioether (sulfide) groups is 1. The molecule has 0 spiro atoms. The van der Waals surface area contributed by atoms with Crippen molar-refractivity contribution in [1.82, 2.24) is 4.90 Å². The molecule has 0 N–H and O–H groups in total. The first-order chi connectivity index (χ1) is 6.85. The smallest absolute Gasteiger partial charge is 0.111 e. The van der Waals surface area contributed by atoms with Crippen LogP contribution in [0, 0.1) is 11.3 Å². The number of hydrogen-bond acceptors (Lipinski definition) is 3. The lowest BCUT2D eigenvalue weighted by molar-refractivity contribution is 0.527. The lowest BCUT2D eigenvalue weighted by Crippen LogP contribution is -2.01. The SMILES string of the molecule is CSc1ccccc1CN1CC1C#N. The van der Waals surface area contributed by atoms with Crippen molar-refractivity contribution in [1.29, 1.82) is 5.26 Å². The van der Waals surface area contributed by atoms with Crippen LogP contribution in [-0.4, -0.2) is 23.7 Å². The van der Waals surface area contributed by atoms with Crippen molar-refractivity contribution in [3.63, 3.8) is 0 Å². The summed E-state index contributed by atoms with van der Waals surface area (Å²) in [6, 6.07) is 10.8. The molecule has 1 aliphatic heterocycles. The second-order valence-corrected chi connectivity index (χ2v) is 4.23. The standard InChI is InChI=1S/C11H12N2S/c1-14-11-5-3-2-4-9(11)7-13-8-10(13)6-12/h2-5,10H,7-8H2,1H3. The summed E-state index contributed by atoms with van der Waals surface area (Å²) in [7, 11) is 0. The zero-order valence-electron chi connectivity index (χ0n) is 8.10. The number of nitrogens with zero attached hydrogens (tertiary/aromatic N) is 2. The third kappa shape index (κ3) is 1.92. The Bertz CT molecular complexity index is 370. The average Bonchev–Trinajstić information content (AvgIpc) is 2.97. The molecule has 0 aliphatic carbocycles. The molecule has 2 rings (SSSR count). The van der Waals surface area contributed by atoms with Gasteiger partial charge >= 0.3 is 0 Å². The van der Waals surface area contributed by atoms with E-state index in [9.17, 15) is 0 Å². The van der Waals surface area contributed by atoms with Crippen LogP contribution < -0.4 is 0 Å². The van der Waals surface area contributed by atoms with E-state index >= 15 is 0 Å². The summed E-state index contributed by atoms with van der Waals surface area (Å²) in [4.78, 5) is 3.49. The van der Waals surface area contributed by atoms with Crippen LogP contribution >= 0.6 is 11.8 Å². The van der Waals surface area contributed by atoms with Gasteiger partial charge in [0.15, 0.2) is 0 Å². The van der Waals surface area contributed by atoms with Crippen molar-refractivity contribution in [3.05, 3.63) is 29.8 Å². The Morgan fingerprint density at radius 2 is 2.36 bits per heavy atom. The minimum absolute atomic E-state index is 0.157. The van der Waals surface area contributed by atoms with E-state index in [1.807, 2.05) is 0 Å². The van der Waals surface area contributed by atoms with E-state index in [4.69, 9.17) is 5.26 Å². The molecule has 1 aromatic carbocycles. The molecule has 1 aromatic rings. The second-order valence-electron chi connectivity index (χ2n) is 3.39. The average molecular weight is 204 g/mol. The second kappa shape index (κ2) is 4.04. The summed E-state index contributed by atoms with van der Waals surface area (Å²) in [6.07, 6.45) is 2.09. The summed E-state index contributed by atoms with van der Waals surface area (Å²) in [5, 5.41) is 8.68. The molecular formula is C11H12N2S. The van der Waals surface area contributed by atoms with Crippen molar-refractivity contribution in [2.45, 2.75) is 17.5 Å². The van der Waals surface area contributed by atoms with Crippen molar-refractivity contribution >= 4 is 11.8 Å². The van der Waals surface area contributed by atoms with E-state index in [1.54, 1.807) is 11.8 Å². The number of nitriles is 1. The van der Waals surface area contributed by atoms with Crippen LogP contribution in [0.5, 0.6) is 0 Å². The van der Waals surface area contributed by atoms with E-state index < -0.39 is 0 Å². The highest BCUT2D eigenvalue weighted by atomic mass is 32.2. The van der Waals surface area contributed by atoms with Gasteiger partial charge in [0.2, 0.25) is 0 Å². The minimum atomic E-state index is 0.157. The van der Waals surface area contributed by atoms with Crippen LogP contribution in [0.4, 0.5) is 0 Å². The van der Waals surface area contributed by atoms with Crippen molar-refractivity contribution in [3.8, 4) is 6.07 Å². The van der Waals surface area contributed by atoms with Crippen LogP contribution in [0.25, 0.3) is 0 Å². The highest BCUT2D eigenvalue weighted by Gasteiger charge is 2.33. The summed E-state index contributed by atoms with van der Waals surface area (Å²) < 4.78 is 0. The summed E-state index contributed by atoms with van der Waals surface area (Å²) in [5.41, 5.74) is 1.33. The highest BCUT2D eigenvalue weighted by molar-refractivity contribution is 7.98. The quantitative estimate of drug-likeness (QED) is 0.557. The van der Waals surface area contributed by atoms with E-state index in [1.165, 1.54) is 10.5 Å². The summed E-state index contributed by atoms with van der Waals surface area (Å²) in [5.74, 6) is 0. The Labute approximate surface area is 88.5 Å². The van der Waals surface area contributed by atoms with E-state index in [0.29, 0.717) is 0 Å². The molecule has 2 nitrogen and oxygen atoms in total. The van der Waals surface area contributed by atoms with E-state index in [2.05, 4.69) is 41.5 Å². The van der Waals surface area contributed by atoms with Crippen molar-refractivity contribution < 1.29 is 0 Å². The Balaban J connectivity index is 2.06. The molecule has 1 fully saturated rings. The Morgan fingerprint density at radius 1 is 1.57 bits per heavy atom. The molecule has 3 heteroatoms. The van der Waals surface area contributed by atoms with Gasteiger partial charge in [0, 0.05) is 18.0 Å². The molecule has 2 unspecified atom stereocenters. The van der Waals surface area contributed by atoms with Gasteiger partial charge < -0.3 is 0 Å². The largest absolute Gasteiger partial charge is 0.280 e. The lowest BCUT2D eigenvalue weighted by Gasteiger charge is -2.06. The molecule has 72 valence electrons. The fourth-order valence-corrected chi connectivity index (χ4v) is 2.13. The molecule has 1 aliphatic rings. The van der Waals surface area contributed by atoms with Gasteiger partial charge in [-0.25, -0.2) is 0 Å². The third-order valence-corrected chi connectivity index (χ3v) is 3.27.